The molecular formula is C19H16O6. The van der Waals surface area contributed by atoms with E-state index in [2.05, 4.69) is 0 Å². The summed E-state index contributed by atoms with van der Waals surface area (Å²) in [5, 5.41) is 9.94. The minimum atomic E-state index is -1.04. The van der Waals surface area contributed by atoms with E-state index in [1.807, 2.05) is 13.0 Å². The number of hydrogen-bond acceptors (Lipinski definition) is 5. The molecule has 0 amide bonds. The van der Waals surface area contributed by atoms with Crippen molar-refractivity contribution in [2.75, 3.05) is 13.2 Å². The highest BCUT2D eigenvalue weighted by molar-refractivity contribution is 5.90. The Kier molecular flexibility index (Phi) is 4.70. The molecule has 0 aliphatic rings. The molecule has 0 unspecified atom stereocenters. The number of benzene rings is 2. The first-order chi connectivity index (χ1) is 12.0. The van der Waals surface area contributed by atoms with E-state index < -0.39 is 11.6 Å². The topological polar surface area (TPSA) is 86.0 Å². The maximum atomic E-state index is 11.4. The molecule has 0 saturated carbocycles. The molecule has 0 aliphatic carbocycles. The number of aromatic carboxylic acids is 1. The quantitative estimate of drug-likeness (QED) is 0.547. The minimum Gasteiger partial charge on any atom is -0.490 e. The summed E-state index contributed by atoms with van der Waals surface area (Å²) >= 11 is 0. The molecule has 0 bridgehead atoms. The molecule has 6 nitrogen and oxygen atoms in total. The Hall–Kier alpha value is -3.28. The van der Waals surface area contributed by atoms with Gasteiger partial charge in [0.05, 0.1) is 0 Å². The summed E-state index contributed by atoms with van der Waals surface area (Å²) in [7, 11) is 0. The van der Waals surface area contributed by atoms with Crippen molar-refractivity contribution >= 4 is 16.9 Å². The lowest BCUT2D eigenvalue weighted by Gasteiger charge is -2.10. The summed E-state index contributed by atoms with van der Waals surface area (Å²) in [6, 6.07) is 13.1. The number of carboxylic acid groups (broad SMARTS) is 1. The molecule has 2 aromatic carbocycles. The maximum absolute atomic E-state index is 11.4. The van der Waals surface area contributed by atoms with Crippen molar-refractivity contribution in [1.82, 2.24) is 0 Å². The van der Waals surface area contributed by atoms with E-state index in [1.165, 1.54) is 12.1 Å². The highest BCUT2D eigenvalue weighted by Crippen LogP contribution is 2.22. The molecule has 3 aromatic rings. The molecule has 0 spiro atoms. The number of carbonyl (C=O) groups is 1. The van der Waals surface area contributed by atoms with Gasteiger partial charge in [0, 0.05) is 17.5 Å². The van der Waals surface area contributed by atoms with E-state index in [1.54, 1.807) is 30.3 Å². The van der Waals surface area contributed by atoms with Gasteiger partial charge in [0.1, 0.15) is 35.9 Å². The summed E-state index contributed by atoms with van der Waals surface area (Å²) in [6.07, 6.45) is 0. The lowest BCUT2D eigenvalue weighted by atomic mass is 10.1. The molecule has 3 rings (SSSR count). The van der Waals surface area contributed by atoms with Crippen LogP contribution in [0.3, 0.4) is 0 Å². The molecule has 0 fully saturated rings. The highest BCUT2D eigenvalue weighted by atomic mass is 16.5. The van der Waals surface area contributed by atoms with Crippen molar-refractivity contribution in [3.63, 3.8) is 0 Å². The van der Waals surface area contributed by atoms with Crippen molar-refractivity contribution in [3.05, 3.63) is 70.1 Å². The van der Waals surface area contributed by atoms with E-state index in [-0.39, 0.29) is 18.8 Å². The van der Waals surface area contributed by atoms with Gasteiger partial charge in [0.15, 0.2) is 0 Å². The van der Waals surface area contributed by atoms with Crippen LogP contribution in [0.2, 0.25) is 0 Å². The number of carboxylic acids is 1. The second-order valence-corrected chi connectivity index (χ2v) is 5.40. The van der Waals surface area contributed by atoms with Crippen LogP contribution in [0.5, 0.6) is 11.5 Å². The summed E-state index contributed by atoms with van der Waals surface area (Å²) in [5.74, 6) is -0.216. The molecule has 0 saturated heterocycles. The van der Waals surface area contributed by atoms with E-state index in [0.29, 0.717) is 17.1 Å². The Morgan fingerprint density at radius 2 is 1.84 bits per heavy atom. The van der Waals surface area contributed by atoms with Crippen LogP contribution in [0.25, 0.3) is 11.0 Å². The fourth-order valence-electron chi connectivity index (χ4n) is 2.48. The summed E-state index contributed by atoms with van der Waals surface area (Å²) in [6.45, 7) is 2.24. The average molecular weight is 340 g/mol. The zero-order valence-corrected chi connectivity index (χ0v) is 13.5. The van der Waals surface area contributed by atoms with Crippen LogP contribution in [0, 0.1) is 6.92 Å². The first-order valence-corrected chi connectivity index (χ1v) is 7.67. The fraction of sp³-hybridized carbons (Fsp3) is 0.158. The Morgan fingerprint density at radius 1 is 1.08 bits per heavy atom. The summed E-state index contributed by atoms with van der Waals surface area (Å²) < 4.78 is 16.2. The van der Waals surface area contributed by atoms with Gasteiger partial charge in [0.2, 0.25) is 0 Å². The van der Waals surface area contributed by atoms with Gasteiger partial charge in [-0.2, -0.15) is 0 Å². The van der Waals surface area contributed by atoms with E-state index in [0.717, 1.165) is 10.9 Å². The van der Waals surface area contributed by atoms with Crippen molar-refractivity contribution in [3.8, 4) is 11.5 Å². The molecule has 1 heterocycles. The lowest BCUT2D eigenvalue weighted by Crippen LogP contribution is -2.11. The third kappa shape index (κ3) is 3.80. The molecule has 25 heavy (non-hydrogen) atoms. The van der Waals surface area contributed by atoms with Gasteiger partial charge in [-0.1, -0.05) is 12.1 Å². The Bertz CT molecular complexity index is 973. The van der Waals surface area contributed by atoms with Crippen LogP contribution in [-0.2, 0) is 0 Å². The molecule has 128 valence electrons. The lowest BCUT2D eigenvalue weighted by molar-refractivity contribution is 0.0691. The normalized spacial score (nSPS) is 10.6. The first kappa shape index (κ1) is 16.6. The van der Waals surface area contributed by atoms with E-state index in [9.17, 15) is 9.59 Å². The highest BCUT2D eigenvalue weighted by Gasteiger charge is 2.10. The van der Waals surface area contributed by atoms with Crippen LogP contribution in [0.1, 0.15) is 15.9 Å². The second kappa shape index (κ2) is 7.09. The first-order valence-electron chi connectivity index (χ1n) is 7.67. The molecule has 0 atom stereocenters. The molecule has 6 heteroatoms. The molecule has 0 radical (unpaired) electrons. The molecular weight excluding hydrogens is 324 g/mol. The van der Waals surface area contributed by atoms with Gasteiger partial charge in [-0.05, 0) is 36.8 Å². The van der Waals surface area contributed by atoms with Gasteiger partial charge in [0.25, 0.3) is 0 Å². The largest absolute Gasteiger partial charge is 0.490 e. The van der Waals surface area contributed by atoms with Gasteiger partial charge < -0.3 is 19.0 Å². The SMILES string of the molecule is Cc1cc(=O)oc2cc(OCCOc3ccccc3C(=O)O)ccc12. The smallest absolute Gasteiger partial charge is 0.339 e. The van der Waals surface area contributed by atoms with E-state index >= 15 is 0 Å². The standard InChI is InChI=1S/C19H16O6/c1-12-10-18(20)25-17-11-13(6-7-14(12)17)23-8-9-24-16-5-3-2-4-15(16)19(21)22/h2-7,10-11H,8-9H2,1H3,(H,21,22). The zero-order valence-electron chi connectivity index (χ0n) is 13.5. The zero-order chi connectivity index (χ0) is 17.8. The van der Waals surface area contributed by atoms with Gasteiger partial charge in [-0.3, -0.25) is 0 Å². The number of para-hydroxylation sites is 1. The third-order valence-electron chi connectivity index (χ3n) is 3.65. The number of hydrogen-bond donors (Lipinski definition) is 1. The molecule has 1 N–H and O–H groups in total. The van der Waals surface area contributed by atoms with Crippen LogP contribution in [0.15, 0.2) is 57.7 Å². The predicted octanol–water partition coefficient (Wildman–Crippen LogP) is 3.26. The predicted molar refractivity (Wildman–Crippen MR) is 91.6 cm³/mol. The van der Waals surface area contributed by atoms with Crippen molar-refractivity contribution in [2.24, 2.45) is 0 Å². The Morgan fingerprint density at radius 3 is 2.64 bits per heavy atom. The maximum Gasteiger partial charge on any atom is 0.339 e. The van der Waals surface area contributed by atoms with Crippen LogP contribution in [-0.4, -0.2) is 24.3 Å². The number of fused-ring (bicyclic) bond motifs is 1. The Balaban J connectivity index is 1.64. The Labute approximate surface area is 143 Å². The van der Waals surface area contributed by atoms with Crippen LogP contribution < -0.4 is 15.1 Å². The number of ether oxygens (including phenoxy) is 2. The van der Waals surface area contributed by atoms with Crippen molar-refractivity contribution in [2.45, 2.75) is 6.92 Å². The minimum absolute atomic E-state index is 0.102. The molecule has 0 aliphatic heterocycles. The number of rotatable bonds is 6. The average Bonchev–Trinajstić information content (AvgIpc) is 2.58. The van der Waals surface area contributed by atoms with Crippen molar-refractivity contribution < 1.29 is 23.8 Å². The number of aryl methyl sites for hydroxylation is 1. The van der Waals surface area contributed by atoms with Gasteiger partial charge in [-0.15, -0.1) is 0 Å². The van der Waals surface area contributed by atoms with Crippen molar-refractivity contribution in [1.29, 1.82) is 0 Å². The second-order valence-electron chi connectivity index (χ2n) is 5.40. The molecule has 1 aromatic heterocycles. The third-order valence-corrected chi connectivity index (χ3v) is 3.65. The van der Waals surface area contributed by atoms with Gasteiger partial charge >= 0.3 is 11.6 Å². The summed E-state index contributed by atoms with van der Waals surface area (Å²) in [4.78, 5) is 22.6. The van der Waals surface area contributed by atoms with Gasteiger partial charge in [-0.25, -0.2) is 9.59 Å². The fourth-order valence-corrected chi connectivity index (χ4v) is 2.48. The van der Waals surface area contributed by atoms with Crippen LogP contribution >= 0.6 is 0 Å². The monoisotopic (exact) mass is 340 g/mol. The summed E-state index contributed by atoms with van der Waals surface area (Å²) in [5.41, 5.74) is 0.993. The van der Waals surface area contributed by atoms with E-state index in [4.69, 9.17) is 19.0 Å². The van der Waals surface area contributed by atoms with Crippen LogP contribution in [0.4, 0.5) is 0 Å².